The molecule has 0 saturated heterocycles. The summed E-state index contributed by atoms with van der Waals surface area (Å²) in [5, 5.41) is 8.32. The summed E-state index contributed by atoms with van der Waals surface area (Å²) in [7, 11) is 0. The molecule has 0 aliphatic heterocycles. The Morgan fingerprint density at radius 3 is 3.08 bits per heavy atom. The first-order valence-corrected chi connectivity index (χ1v) is 3.58. The second kappa shape index (κ2) is 3.71. The quantitative estimate of drug-likeness (QED) is 0.681. The highest BCUT2D eigenvalue weighted by Gasteiger charge is 2.05. The predicted molar refractivity (Wildman–Crippen MR) is 42.3 cm³/mol. The van der Waals surface area contributed by atoms with Crippen LogP contribution in [0, 0.1) is 0 Å². The summed E-state index contributed by atoms with van der Waals surface area (Å²) < 4.78 is 4.44. The van der Waals surface area contributed by atoms with E-state index >= 15 is 0 Å². The molecule has 1 aromatic heterocycles. The summed E-state index contributed by atoms with van der Waals surface area (Å²) in [6, 6.07) is 3.53. The molecule has 1 N–H and O–H groups in total. The highest BCUT2D eigenvalue weighted by atomic mass is 16.7. The Hall–Kier alpha value is -1.58. The zero-order valence-corrected chi connectivity index (χ0v) is 6.65. The molecule has 0 spiro atoms. The van der Waals surface area contributed by atoms with Gasteiger partial charge in [-0.25, -0.2) is 9.78 Å². The summed E-state index contributed by atoms with van der Waals surface area (Å²) in [6.45, 7) is 1.91. The third-order valence-electron chi connectivity index (χ3n) is 1.41. The molecule has 0 saturated carbocycles. The second-order valence-electron chi connectivity index (χ2n) is 2.19. The number of hydrogen-bond acceptors (Lipinski definition) is 3. The van der Waals surface area contributed by atoms with Gasteiger partial charge in [-0.15, -0.1) is 0 Å². The summed E-state index contributed by atoms with van der Waals surface area (Å²) in [5.74, 6) is 0.174. The minimum atomic E-state index is -1.33. The van der Waals surface area contributed by atoms with Crippen molar-refractivity contribution in [2.45, 2.75) is 13.3 Å². The maximum absolute atomic E-state index is 10.2. The van der Waals surface area contributed by atoms with E-state index in [1.54, 1.807) is 12.1 Å². The Labute approximate surface area is 69.8 Å². The van der Waals surface area contributed by atoms with Crippen LogP contribution in [0.4, 0.5) is 4.79 Å². The molecule has 4 nitrogen and oxygen atoms in total. The van der Waals surface area contributed by atoms with E-state index in [9.17, 15) is 4.79 Å². The molecular formula is C8H9NO3. The van der Waals surface area contributed by atoms with Crippen molar-refractivity contribution in [2.24, 2.45) is 0 Å². The van der Waals surface area contributed by atoms with Crippen LogP contribution in [0.25, 0.3) is 0 Å². The van der Waals surface area contributed by atoms with Gasteiger partial charge in [0.2, 0.25) is 5.88 Å². The van der Waals surface area contributed by atoms with Gasteiger partial charge >= 0.3 is 6.16 Å². The normalized spacial score (nSPS) is 9.42. The minimum absolute atomic E-state index is 0.174. The van der Waals surface area contributed by atoms with Crippen LogP contribution in [0.1, 0.15) is 12.5 Å². The van der Waals surface area contributed by atoms with E-state index in [4.69, 9.17) is 5.11 Å². The van der Waals surface area contributed by atoms with Crippen LogP contribution < -0.4 is 4.74 Å². The molecule has 1 heterocycles. The molecule has 0 bridgehead atoms. The number of pyridine rings is 1. The number of rotatable bonds is 2. The molecule has 0 radical (unpaired) electrons. The van der Waals surface area contributed by atoms with Crippen molar-refractivity contribution in [1.82, 2.24) is 4.98 Å². The first-order valence-electron chi connectivity index (χ1n) is 3.58. The molecule has 0 atom stereocenters. The van der Waals surface area contributed by atoms with Gasteiger partial charge < -0.3 is 9.84 Å². The number of ether oxygens (including phenoxy) is 1. The molecule has 0 amide bonds. The van der Waals surface area contributed by atoms with E-state index in [2.05, 4.69) is 9.72 Å². The highest BCUT2D eigenvalue weighted by Crippen LogP contribution is 2.14. The summed E-state index contributed by atoms with van der Waals surface area (Å²) in [6.07, 6.45) is 0.872. The van der Waals surface area contributed by atoms with Gasteiger partial charge in [-0.2, -0.15) is 0 Å². The van der Waals surface area contributed by atoms with Gasteiger partial charge in [0.25, 0.3) is 0 Å². The first kappa shape index (κ1) is 8.52. The zero-order chi connectivity index (χ0) is 8.97. The zero-order valence-electron chi connectivity index (χ0n) is 6.65. The van der Waals surface area contributed by atoms with Crippen LogP contribution in [0.15, 0.2) is 18.3 Å². The molecule has 4 heteroatoms. The van der Waals surface area contributed by atoms with Gasteiger partial charge in [0.05, 0.1) is 0 Å². The molecule has 12 heavy (non-hydrogen) atoms. The van der Waals surface area contributed by atoms with Crippen molar-refractivity contribution < 1.29 is 14.6 Å². The summed E-state index contributed by atoms with van der Waals surface area (Å²) in [5.41, 5.74) is 0.792. The third-order valence-corrected chi connectivity index (χ3v) is 1.41. The molecule has 64 valence electrons. The smallest absolute Gasteiger partial charge is 0.449 e. The average molecular weight is 167 g/mol. The Kier molecular flexibility index (Phi) is 2.63. The van der Waals surface area contributed by atoms with Gasteiger partial charge in [-0.05, 0) is 12.5 Å². The highest BCUT2D eigenvalue weighted by molar-refractivity contribution is 5.60. The Balaban J connectivity index is 2.89. The van der Waals surface area contributed by atoms with Crippen LogP contribution in [-0.2, 0) is 6.42 Å². The fourth-order valence-corrected chi connectivity index (χ4v) is 0.868. The van der Waals surface area contributed by atoms with E-state index in [-0.39, 0.29) is 5.88 Å². The molecule has 0 fully saturated rings. The molecular weight excluding hydrogens is 158 g/mol. The Morgan fingerprint density at radius 2 is 2.50 bits per heavy atom. The molecule has 0 aliphatic carbocycles. The Bertz CT molecular complexity index is 285. The number of carboxylic acid groups (broad SMARTS) is 1. The van der Waals surface area contributed by atoms with Crippen molar-refractivity contribution in [3.8, 4) is 5.88 Å². The topological polar surface area (TPSA) is 59.4 Å². The van der Waals surface area contributed by atoms with Crippen molar-refractivity contribution >= 4 is 6.16 Å². The first-order chi connectivity index (χ1) is 5.74. The van der Waals surface area contributed by atoms with Crippen molar-refractivity contribution in [2.75, 3.05) is 0 Å². The van der Waals surface area contributed by atoms with Crippen LogP contribution in [0.5, 0.6) is 5.88 Å². The van der Waals surface area contributed by atoms with Crippen molar-refractivity contribution in [1.29, 1.82) is 0 Å². The lowest BCUT2D eigenvalue weighted by Gasteiger charge is -2.02. The maximum Gasteiger partial charge on any atom is 0.512 e. The van der Waals surface area contributed by atoms with Crippen molar-refractivity contribution in [3.05, 3.63) is 23.9 Å². The number of aromatic nitrogens is 1. The van der Waals surface area contributed by atoms with Crippen LogP contribution in [-0.4, -0.2) is 16.2 Å². The van der Waals surface area contributed by atoms with Crippen LogP contribution >= 0.6 is 0 Å². The lowest BCUT2D eigenvalue weighted by molar-refractivity contribution is 0.142. The van der Waals surface area contributed by atoms with Gasteiger partial charge in [-0.3, -0.25) is 0 Å². The van der Waals surface area contributed by atoms with Crippen LogP contribution in [0.3, 0.4) is 0 Å². The largest absolute Gasteiger partial charge is 0.512 e. The summed E-state index contributed by atoms with van der Waals surface area (Å²) in [4.78, 5) is 14.0. The minimum Gasteiger partial charge on any atom is -0.449 e. The molecule has 0 unspecified atom stereocenters. The molecule has 1 rings (SSSR count). The molecule has 0 aromatic carbocycles. The summed E-state index contributed by atoms with van der Waals surface area (Å²) >= 11 is 0. The average Bonchev–Trinajstić information content (AvgIpc) is 2.04. The number of hydrogen-bond donors (Lipinski definition) is 1. The standard InChI is InChI=1S/C8H9NO3/c1-2-6-4-3-5-9-7(6)12-8(10)11/h3-5H,2H2,1H3,(H,10,11). The van der Waals surface area contributed by atoms with Crippen LogP contribution in [0.2, 0.25) is 0 Å². The molecule has 1 aromatic rings. The number of aryl methyl sites for hydroxylation is 1. The van der Waals surface area contributed by atoms with E-state index in [0.717, 1.165) is 5.56 Å². The van der Waals surface area contributed by atoms with Gasteiger partial charge in [-0.1, -0.05) is 13.0 Å². The number of nitrogens with zero attached hydrogens (tertiary/aromatic N) is 1. The lowest BCUT2D eigenvalue weighted by Crippen LogP contribution is -2.06. The SMILES string of the molecule is CCc1cccnc1OC(=O)O. The van der Waals surface area contributed by atoms with Gasteiger partial charge in [0, 0.05) is 11.8 Å². The third kappa shape index (κ3) is 1.95. The van der Waals surface area contributed by atoms with Gasteiger partial charge in [0.15, 0.2) is 0 Å². The lowest BCUT2D eigenvalue weighted by atomic mass is 10.2. The number of carbonyl (C=O) groups is 1. The van der Waals surface area contributed by atoms with E-state index in [1.807, 2.05) is 6.92 Å². The molecule has 0 aliphatic rings. The maximum atomic E-state index is 10.2. The fraction of sp³-hybridized carbons (Fsp3) is 0.250. The second-order valence-corrected chi connectivity index (χ2v) is 2.19. The van der Waals surface area contributed by atoms with E-state index in [0.29, 0.717) is 6.42 Å². The fourth-order valence-electron chi connectivity index (χ4n) is 0.868. The van der Waals surface area contributed by atoms with Gasteiger partial charge in [0.1, 0.15) is 0 Å². The predicted octanol–water partition coefficient (Wildman–Crippen LogP) is 1.70. The van der Waals surface area contributed by atoms with E-state index < -0.39 is 6.16 Å². The van der Waals surface area contributed by atoms with E-state index in [1.165, 1.54) is 6.20 Å². The van der Waals surface area contributed by atoms with Crippen molar-refractivity contribution in [3.63, 3.8) is 0 Å². The monoisotopic (exact) mass is 167 g/mol. The Morgan fingerprint density at radius 1 is 1.75 bits per heavy atom.